The molecule has 0 fully saturated rings. The van der Waals surface area contributed by atoms with Crippen LogP contribution in [0.15, 0.2) is 12.7 Å². The van der Waals surface area contributed by atoms with Crippen LogP contribution >= 0.6 is 0 Å². The van der Waals surface area contributed by atoms with Crippen molar-refractivity contribution in [3.63, 3.8) is 0 Å². The molecule has 0 radical (unpaired) electrons. The van der Waals surface area contributed by atoms with Gasteiger partial charge in [0.25, 0.3) is 0 Å². The molecule has 0 bridgehead atoms. The predicted octanol–water partition coefficient (Wildman–Crippen LogP) is 3.91. The van der Waals surface area contributed by atoms with Gasteiger partial charge in [-0.3, -0.25) is 4.79 Å². The van der Waals surface area contributed by atoms with Crippen LogP contribution in [0.1, 0.15) is 71.6 Å². The Kier molecular flexibility index (Phi) is 11.6. The van der Waals surface area contributed by atoms with Crippen LogP contribution in [0, 0.1) is 5.92 Å². The first-order valence-electron chi connectivity index (χ1n) is 8.16. The van der Waals surface area contributed by atoms with E-state index in [1.165, 1.54) is 19.3 Å². The number of carbonyl (C=O) groups excluding carboxylic acids is 1. The van der Waals surface area contributed by atoms with Gasteiger partial charge < -0.3 is 10.4 Å². The molecule has 0 aromatic carbocycles. The van der Waals surface area contributed by atoms with E-state index in [9.17, 15) is 9.59 Å². The maximum Gasteiger partial charge on any atom is 0.326 e. The molecule has 0 aliphatic rings. The molecule has 0 aromatic heterocycles. The quantitative estimate of drug-likeness (QED) is 0.400. The molecular formula is C17H31NO3. The van der Waals surface area contributed by atoms with E-state index in [1.54, 1.807) is 0 Å². The summed E-state index contributed by atoms with van der Waals surface area (Å²) in [6, 6.07) is -0.763. The maximum atomic E-state index is 11.8. The zero-order valence-corrected chi connectivity index (χ0v) is 13.6. The first kappa shape index (κ1) is 19.7. The number of allylic oxidation sites excluding steroid dienone is 1. The average molecular weight is 297 g/mol. The fraction of sp³-hybridized carbons (Fsp3) is 0.765. The van der Waals surface area contributed by atoms with E-state index in [4.69, 9.17) is 5.11 Å². The molecule has 1 amide bonds. The van der Waals surface area contributed by atoms with Gasteiger partial charge in [0.15, 0.2) is 0 Å². The van der Waals surface area contributed by atoms with Crippen LogP contribution < -0.4 is 5.32 Å². The third-order valence-electron chi connectivity index (χ3n) is 3.86. The standard InChI is InChI=1S/C17H31NO3/c1-4-6-7-8-9-10-11-12-13-15(19)18-16(17(20)21)14(3)5-2/h4,14,16H,1,5-13H2,2-3H3,(H,18,19)(H,20,21)/t14?,16-/m0/s1. The fourth-order valence-electron chi connectivity index (χ4n) is 2.21. The number of hydrogen-bond donors (Lipinski definition) is 2. The Morgan fingerprint density at radius 1 is 1.14 bits per heavy atom. The van der Waals surface area contributed by atoms with Crippen molar-refractivity contribution in [3.05, 3.63) is 12.7 Å². The first-order chi connectivity index (χ1) is 10.0. The molecule has 0 heterocycles. The molecule has 0 aromatic rings. The Balaban J connectivity index is 3.74. The van der Waals surface area contributed by atoms with E-state index >= 15 is 0 Å². The Bertz CT molecular complexity index is 315. The van der Waals surface area contributed by atoms with Gasteiger partial charge >= 0.3 is 5.97 Å². The molecule has 2 atom stereocenters. The molecule has 0 saturated carbocycles. The third kappa shape index (κ3) is 10.1. The number of hydrogen-bond acceptors (Lipinski definition) is 2. The number of nitrogens with one attached hydrogen (secondary N) is 1. The van der Waals surface area contributed by atoms with Gasteiger partial charge in [-0.15, -0.1) is 6.58 Å². The maximum absolute atomic E-state index is 11.8. The second kappa shape index (κ2) is 12.4. The van der Waals surface area contributed by atoms with Crippen LogP contribution in [0.4, 0.5) is 0 Å². The number of carboxylic acids is 1. The molecule has 122 valence electrons. The molecule has 4 heteroatoms. The van der Waals surface area contributed by atoms with Gasteiger partial charge in [-0.2, -0.15) is 0 Å². The van der Waals surface area contributed by atoms with E-state index in [2.05, 4.69) is 11.9 Å². The first-order valence-corrected chi connectivity index (χ1v) is 8.16. The van der Waals surface area contributed by atoms with E-state index in [0.717, 1.165) is 32.1 Å². The summed E-state index contributed by atoms with van der Waals surface area (Å²) >= 11 is 0. The summed E-state index contributed by atoms with van der Waals surface area (Å²) in [5, 5.41) is 11.8. The Labute approximate surface area is 129 Å². The fourth-order valence-corrected chi connectivity index (χ4v) is 2.21. The van der Waals surface area contributed by atoms with Gasteiger partial charge in [-0.1, -0.05) is 52.0 Å². The van der Waals surface area contributed by atoms with Crippen LogP contribution in [0.2, 0.25) is 0 Å². The zero-order chi connectivity index (χ0) is 16.1. The highest BCUT2D eigenvalue weighted by Gasteiger charge is 2.24. The monoisotopic (exact) mass is 297 g/mol. The SMILES string of the molecule is C=CCCCCCCCCC(=O)N[C@H](C(=O)O)C(C)CC. The molecule has 1 unspecified atom stereocenters. The molecule has 4 nitrogen and oxygen atoms in total. The van der Waals surface area contributed by atoms with Crippen molar-refractivity contribution in [3.8, 4) is 0 Å². The second-order valence-corrected chi connectivity index (χ2v) is 5.72. The van der Waals surface area contributed by atoms with E-state index in [1.807, 2.05) is 19.9 Å². The van der Waals surface area contributed by atoms with Gasteiger partial charge in [0, 0.05) is 6.42 Å². The molecule has 0 aliphatic carbocycles. The van der Waals surface area contributed by atoms with Crippen molar-refractivity contribution in [1.82, 2.24) is 5.32 Å². The van der Waals surface area contributed by atoms with Crippen LogP contribution in [0.25, 0.3) is 0 Å². The number of unbranched alkanes of at least 4 members (excludes halogenated alkanes) is 6. The highest BCUT2D eigenvalue weighted by atomic mass is 16.4. The lowest BCUT2D eigenvalue weighted by Gasteiger charge is -2.20. The smallest absolute Gasteiger partial charge is 0.326 e. The molecular weight excluding hydrogens is 266 g/mol. The molecule has 0 saturated heterocycles. The van der Waals surface area contributed by atoms with Gasteiger partial charge in [0.1, 0.15) is 6.04 Å². The summed E-state index contributed by atoms with van der Waals surface area (Å²) in [7, 11) is 0. The summed E-state index contributed by atoms with van der Waals surface area (Å²) in [4.78, 5) is 22.9. The minimum atomic E-state index is -0.945. The van der Waals surface area contributed by atoms with Crippen LogP contribution in [0.3, 0.4) is 0 Å². The summed E-state index contributed by atoms with van der Waals surface area (Å²) in [6.07, 6.45) is 10.8. The normalized spacial score (nSPS) is 13.4. The van der Waals surface area contributed by atoms with Crippen LogP contribution in [0.5, 0.6) is 0 Å². The van der Waals surface area contributed by atoms with Gasteiger partial charge in [0.05, 0.1) is 0 Å². The van der Waals surface area contributed by atoms with Gasteiger partial charge in [-0.25, -0.2) is 4.79 Å². The number of carbonyl (C=O) groups is 2. The number of carboxylic acid groups (broad SMARTS) is 1. The van der Waals surface area contributed by atoms with Crippen molar-refractivity contribution in [2.24, 2.45) is 5.92 Å². The highest BCUT2D eigenvalue weighted by Crippen LogP contribution is 2.11. The molecule has 2 N–H and O–H groups in total. The molecule has 0 aliphatic heterocycles. The summed E-state index contributed by atoms with van der Waals surface area (Å²) < 4.78 is 0. The third-order valence-corrected chi connectivity index (χ3v) is 3.86. The zero-order valence-electron chi connectivity index (χ0n) is 13.6. The van der Waals surface area contributed by atoms with E-state index < -0.39 is 12.0 Å². The Morgan fingerprint density at radius 2 is 1.71 bits per heavy atom. The van der Waals surface area contributed by atoms with Crippen molar-refractivity contribution >= 4 is 11.9 Å². The topological polar surface area (TPSA) is 66.4 Å². The Hall–Kier alpha value is -1.32. The van der Waals surface area contributed by atoms with Crippen molar-refractivity contribution < 1.29 is 14.7 Å². The average Bonchev–Trinajstić information content (AvgIpc) is 2.46. The lowest BCUT2D eigenvalue weighted by molar-refractivity contribution is -0.143. The number of rotatable bonds is 13. The van der Waals surface area contributed by atoms with Crippen molar-refractivity contribution in [1.29, 1.82) is 0 Å². The van der Waals surface area contributed by atoms with Crippen LogP contribution in [-0.2, 0) is 9.59 Å². The largest absolute Gasteiger partial charge is 0.480 e. The van der Waals surface area contributed by atoms with E-state index in [-0.39, 0.29) is 11.8 Å². The summed E-state index contributed by atoms with van der Waals surface area (Å²) in [5.74, 6) is -1.13. The number of aliphatic carboxylic acids is 1. The number of amides is 1. The van der Waals surface area contributed by atoms with E-state index in [0.29, 0.717) is 6.42 Å². The van der Waals surface area contributed by atoms with Crippen molar-refractivity contribution in [2.45, 2.75) is 77.7 Å². The minimum Gasteiger partial charge on any atom is -0.480 e. The summed E-state index contributed by atoms with van der Waals surface area (Å²) in [6.45, 7) is 7.47. The van der Waals surface area contributed by atoms with Crippen molar-refractivity contribution in [2.75, 3.05) is 0 Å². The Morgan fingerprint density at radius 3 is 2.24 bits per heavy atom. The summed E-state index contributed by atoms with van der Waals surface area (Å²) in [5.41, 5.74) is 0. The second-order valence-electron chi connectivity index (χ2n) is 5.72. The lowest BCUT2D eigenvalue weighted by Crippen LogP contribution is -2.44. The molecule has 0 spiro atoms. The predicted molar refractivity (Wildman–Crippen MR) is 86.2 cm³/mol. The van der Waals surface area contributed by atoms with Gasteiger partial charge in [0.2, 0.25) is 5.91 Å². The molecule has 21 heavy (non-hydrogen) atoms. The highest BCUT2D eigenvalue weighted by molar-refractivity contribution is 5.83. The van der Waals surface area contributed by atoms with Crippen LogP contribution in [-0.4, -0.2) is 23.0 Å². The minimum absolute atomic E-state index is 0.0451. The molecule has 0 rings (SSSR count). The lowest BCUT2D eigenvalue weighted by atomic mass is 9.99. The van der Waals surface area contributed by atoms with Gasteiger partial charge in [-0.05, 0) is 25.2 Å².